The lowest BCUT2D eigenvalue weighted by Crippen LogP contribution is -2.49. The van der Waals surface area contributed by atoms with E-state index in [1.807, 2.05) is 0 Å². The van der Waals surface area contributed by atoms with Crippen molar-refractivity contribution in [3.8, 4) is 0 Å². The van der Waals surface area contributed by atoms with Crippen LogP contribution in [0.1, 0.15) is 12.8 Å². The Balaban J connectivity index is 2.20. The second-order valence-corrected chi connectivity index (χ2v) is 4.75. The molecule has 1 aliphatic rings. The molecular weight excluding hydrogens is 243 g/mol. The first-order valence-electron chi connectivity index (χ1n) is 5.66. The van der Waals surface area contributed by atoms with E-state index in [9.17, 15) is 4.39 Å². The summed E-state index contributed by atoms with van der Waals surface area (Å²) in [6.45, 7) is 1.80. The van der Waals surface area contributed by atoms with Gasteiger partial charge in [0.25, 0.3) is 0 Å². The summed E-state index contributed by atoms with van der Waals surface area (Å²) in [4.78, 5) is 0. The van der Waals surface area contributed by atoms with Crippen LogP contribution in [0.15, 0.2) is 18.2 Å². The van der Waals surface area contributed by atoms with Crippen molar-refractivity contribution in [2.24, 2.45) is 5.73 Å². The third-order valence-corrected chi connectivity index (χ3v) is 3.50. The molecule has 2 rings (SSSR count). The Morgan fingerprint density at radius 1 is 1.41 bits per heavy atom. The first-order valence-corrected chi connectivity index (χ1v) is 6.04. The number of benzene rings is 1. The Labute approximate surface area is 105 Å². The van der Waals surface area contributed by atoms with Crippen molar-refractivity contribution in [3.05, 3.63) is 29.0 Å². The number of ether oxygens (including phenoxy) is 1. The molecule has 0 radical (unpaired) electrons. The van der Waals surface area contributed by atoms with Gasteiger partial charge in [0, 0.05) is 19.8 Å². The molecule has 0 amide bonds. The number of nitrogens with one attached hydrogen (secondary N) is 1. The summed E-state index contributed by atoms with van der Waals surface area (Å²) in [5.41, 5.74) is 6.18. The normalized spacial score (nSPS) is 19.0. The predicted octanol–water partition coefficient (Wildman–Crippen LogP) is 2.40. The Bertz CT molecular complexity index is 394. The Hall–Kier alpha value is -0.840. The minimum atomic E-state index is -0.309. The average Bonchev–Trinajstić information content (AvgIpc) is 2.35. The standard InChI is InChI=1S/C12H16ClFN2O/c13-10-2-1-9(14)7-11(10)16-12(8-15)3-5-17-6-4-12/h1-2,7,16H,3-6,8,15H2. The average molecular weight is 259 g/mol. The molecule has 17 heavy (non-hydrogen) atoms. The molecule has 1 aromatic rings. The highest BCUT2D eigenvalue weighted by molar-refractivity contribution is 6.33. The molecule has 3 N–H and O–H groups in total. The van der Waals surface area contributed by atoms with Gasteiger partial charge in [-0.05, 0) is 31.0 Å². The highest BCUT2D eigenvalue weighted by Crippen LogP contribution is 2.30. The summed E-state index contributed by atoms with van der Waals surface area (Å²) in [5, 5.41) is 3.78. The summed E-state index contributed by atoms with van der Waals surface area (Å²) in [7, 11) is 0. The van der Waals surface area contributed by atoms with Crippen molar-refractivity contribution in [1.82, 2.24) is 0 Å². The molecule has 0 aromatic heterocycles. The van der Waals surface area contributed by atoms with Crippen molar-refractivity contribution < 1.29 is 9.13 Å². The maximum atomic E-state index is 13.2. The monoisotopic (exact) mass is 258 g/mol. The van der Waals surface area contributed by atoms with E-state index < -0.39 is 0 Å². The lowest BCUT2D eigenvalue weighted by atomic mass is 9.90. The molecule has 0 atom stereocenters. The molecule has 0 bridgehead atoms. The van der Waals surface area contributed by atoms with Gasteiger partial charge in [0.05, 0.1) is 16.2 Å². The maximum Gasteiger partial charge on any atom is 0.125 e. The summed E-state index contributed by atoms with van der Waals surface area (Å²) in [6.07, 6.45) is 1.60. The van der Waals surface area contributed by atoms with E-state index >= 15 is 0 Å². The molecule has 5 heteroatoms. The highest BCUT2D eigenvalue weighted by Gasteiger charge is 2.31. The summed E-state index contributed by atoms with van der Waals surface area (Å²) in [5.74, 6) is -0.309. The van der Waals surface area contributed by atoms with Gasteiger partial charge in [0.15, 0.2) is 0 Å². The van der Waals surface area contributed by atoms with Crippen molar-refractivity contribution in [2.75, 3.05) is 25.1 Å². The van der Waals surface area contributed by atoms with Crippen LogP contribution in [0.5, 0.6) is 0 Å². The van der Waals surface area contributed by atoms with Gasteiger partial charge in [-0.15, -0.1) is 0 Å². The van der Waals surface area contributed by atoms with E-state index in [-0.39, 0.29) is 11.4 Å². The van der Waals surface area contributed by atoms with Crippen LogP contribution >= 0.6 is 11.6 Å². The molecule has 0 aliphatic carbocycles. The highest BCUT2D eigenvalue weighted by atomic mass is 35.5. The number of hydrogen-bond donors (Lipinski definition) is 2. The Morgan fingerprint density at radius 3 is 2.76 bits per heavy atom. The zero-order valence-corrected chi connectivity index (χ0v) is 10.3. The summed E-state index contributed by atoms with van der Waals surface area (Å²) >= 11 is 6.03. The molecule has 1 fully saturated rings. The van der Waals surface area contributed by atoms with Gasteiger partial charge < -0.3 is 15.8 Å². The molecule has 94 valence electrons. The van der Waals surface area contributed by atoms with E-state index in [2.05, 4.69) is 5.32 Å². The van der Waals surface area contributed by atoms with Crippen LogP contribution in [0.3, 0.4) is 0 Å². The van der Waals surface area contributed by atoms with Gasteiger partial charge in [-0.25, -0.2) is 4.39 Å². The van der Waals surface area contributed by atoms with Gasteiger partial charge in [0.2, 0.25) is 0 Å². The second kappa shape index (κ2) is 5.21. The SMILES string of the molecule is NCC1(Nc2cc(F)ccc2Cl)CCOCC1. The number of nitrogens with two attached hydrogens (primary N) is 1. The van der Waals surface area contributed by atoms with Crippen molar-refractivity contribution in [1.29, 1.82) is 0 Å². The molecule has 1 saturated heterocycles. The van der Waals surface area contributed by atoms with E-state index in [1.54, 1.807) is 6.07 Å². The largest absolute Gasteiger partial charge is 0.381 e. The van der Waals surface area contributed by atoms with E-state index in [4.69, 9.17) is 22.1 Å². The Kier molecular flexibility index (Phi) is 3.86. The number of halogens is 2. The molecule has 3 nitrogen and oxygen atoms in total. The van der Waals surface area contributed by atoms with Gasteiger partial charge in [-0.3, -0.25) is 0 Å². The topological polar surface area (TPSA) is 47.3 Å². The third kappa shape index (κ3) is 2.89. The van der Waals surface area contributed by atoms with Crippen molar-refractivity contribution in [2.45, 2.75) is 18.4 Å². The molecule has 1 aromatic carbocycles. The molecule has 1 aliphatic heterocycles. The van der Waals surface area contributed by atoms with Crippen molar-refractivity contribution in [3.63, 3.8) is 0 Å². The van der Waals surface area contributed by atoms with E-state index in [0.717, 1.165) is 12.8 Å². The molecule has 0 saturated carbocycles. The smallest absolute Gasteiger partial charge is 0.125 e. The fourth-order valence-corrected chi connectivity index (χ4v) is 2.19. The van der Waals surface area contributed by atoms with Crippen LogP contribution in [0.4, 0.5) is 10.1 Å². The summed E-state index contributed by atoms with van der Waals surface area (Å²) in [6, 6.07) is 4.28. The second-order valence-electron chi connectivity index (χ2n) is 4.35. The van der Waals surface area contributed by atoms with Gasteiger partial charge >= 0.3 is 0 Å². The molecule has 0 unspecified atom stereocenters. The zero-order chi connectivity index (χ0) is 12.3. The molecule has 0 spiro atoms. The zero-order valence-electron chi connectivity index (χ0n) is 9.51. The number of hydrogen-bond acceptors (Lipinski definition) is 3. The van der Waals surface area contributed by atoms with Crippen LogP contribution in [0.2, 0.25) is 5.02 Å². The third-order valence-electron chi connectivity index (χ3n) is 3.17. The van der Waals surface area contributed by atoms with Crippen molar-refractivity contribution >= 4 is 17.3 Å². The quantitative estimate of drug-likeness (QED) is 0.875. The van der Waals surface area contributed by atoms with E-state index in [1.165, 1.54) is 12.1 Å². The lowest BCUT2D eigenvalue weighted by molar-refractivity contribution is 0.0628. The van der Waals surface area contributed by atoms with Gasteiger partial charge in [-0.1, -0.05) is 11.6 Å². The first-order chi connectivity index (χ1) is 8.15. The predicted molar refractivity (Wildman–Crippen MR) is 66.9 cm³/mol. The maximum absolute atomic E-state index is 13.2. The van der Waals surface area contributed by atoms with Gasteiger partial charge in [0.1, 0.15) is 5.82 Å². The number of rotatable bonds is 3. The van der Waals surface area contributed by atoms with Crippen LogP contribution < -0.4 is 11.1 Å². The fourth-order valence-electron chi connectivity index (χ4n) is 2.02. The van der Waals surface area contributed by atoms with Crippen LogP contribution in [-0.2, 0) is 4.74 Å². The van der Waals surface area contributed by atoms with Crippen LogP contribution in [0.25, 0.3) is 0 Å². The Morgan fingerprint density at radius 2 is 2.12 bits per heavy atom. The minimum absolute atomic E-state index is 0.240. The molecule has 1 heterocycles. The van der Waals surface area contributed by atoms with Gasteiger partial charge in [-0.2, -0.15) is 0 Å². The summed E-state index contributed by atoms with van der Waals surface area (Å²) < 4.78 is 18.5. The fraction of sp³-hybridized carbons (Fsp3) is 0.500. The molecular formula is C12H16ClFN2O. The first kappa shape index (κ1) is 12.6. The van der Waals surface area contributed by atoms with Crippen LogP contribution in [-0.4, -0.2) is 25.3 Å². The lowest BCUT2D eigenvalue weighted by Gasteiger charge is -2.38. The number of anilines is 1. The minimum Gasteiger partial charge on any atom is -0.381 e. The van der Waals surface area contributed by atoms with Crippen LogP contribution in [0, 0.1) is 5.82 Å². The van der Waals surface area contributed by atoms with E-state index in [0.29, 0.717) is 30.5 Å².